The Balaban J connectivity index is 1.52. The van der Waals surface area contributed by atoms with E-state index < -0.39 is 22.8 Å². The van der Waals surface area contributed by atoms with Gasteiger partial charge in [0.05, 0.1) is 10.2 Å². The topological polar surface area (TPSA) is 151 Å². The first kappa shape index (κ1) is 22.3. The SMILES string of the molecule is O=c1onc(-c2nonc2SC2CCC(NNS(=O)[O-])CC2)n1-c1ccc(F)c(Br)c1. The number of thioether (sulfide) groups is 1. The maximum atomic E-state index is 13.6. The van der Waals surface area contributed by atoms with Crippen molar-refractivity contribution >= 4 is 39.0 Å². The van der Waals surface area contributed by atoms with Gasteiger partial charge in [-0.3, -0.25) is 8.73 Å². The second kappa shape index (κ2) is 9.70. The summed E-state index contributed by atoms with van der Waals surface area (Å²) in [5, 5.41) is 12.3. The van der Waals surface area contributed by atoms with E-state index in [4.69, 9.17) is 9.15 Å². The molecule has 1 aliphatic carbocycles. The molecule has 1 aromatic carbocycles. The van der Waals surface area contributed by atoms with E-state index in [1.165, 1.54) is 30.0 Å². The second-order valence-corrected chi connectivity index (χ2v) is 9.51. The van der Waals surface area contributed by atoms with Crippen molar-refractivity contribution in [2.24, 2.45) is 0 Å². The van der Waals surface area contributed by atoms with E-state index in [2.05, 4.69) is 41.7 Å². The van der Waals surface area contributed by atoms with E-state index in [1.54, 1.807) is 0 Å². The van der Waals surface area contributed by atoms with Crippen LogP contribution in [0.5, 0.6) is 0 Å². The second-order valence-electron chi connectivity index (χ2n) is 6.70. The van der Waals surface area contributed by atoms with Crippen molar-refractivity contribution in [1.29, 1.82) is 0 Å². The van der Waals surface area contributed by atoms with Crippen LogP contribution in [0.4, 0.5) is 4.39 Å². The average Bonchev–Trinajstić information content (AvgIpc) is 3.35. The molecule has 1 fully saturated rings. The molecular weight excluding hydrogens is 519 g/mol. The summed E-state index contributed by atoms with van der Waals surface area (Å²) in [6.45, 7) is 0. The Morgan fingerprint density at radius 1 is 1.26 bits per heavy atom. The summed E-state index contributed by atoms with van der Waals surface area (Å²) in [6, 6.07) is 4.10. The molecule has 0 saturated heterocycles. The van der Waals surface area contributed by atoms with E-state index in [0.717, 1.165) is 30.3 Å². The van der Waals surface area contributed by atoms with Gasteiger partial charge in [-0.05, 0) is 70.1 Å². The van der Waals surface area contributed by atoms with Crippen molar-refractivity contribution in [1.82, 2.24) is 30.3 Å². The van der Waals surface area contributed by atoms with Crippen molar-refractivity contribution in [2.75, 3.05) is 0 Å². The third-order valence-corrected chi connectivity index (χ3v) is 6.92. The third kappa shape index (κ3) is 5.12. The lowest BCUT2D eigenvalue weighted by molar-refractivity contribution is 0.299. The number of hydrazine groups is 1. The summed E-state index contributed by atoms with van der Waals surface area (Å²) in [6.07, 6.45) is 3.14. The molecule has 1 saturated carbocycles. The van der Waals surface area contributed by atoms with Gasteiger partial charge in [0.25, 0.3) is 0 Å². The maximum Gasteiger partial charge on any atom is 0.446 e. The summed E-state index contributed by atoms with van der Waals surface area (Å²) in [4.78, 5) is 14.4. The van der Waals surface area contributed by atoms with Crippen LogP contribution in [0.2, 0.25) is 0 Å². The van der Waals surface area contributed by atoms with Crippen molar-refractivity contribution in [3.05, 3.63) is 39.0 Å². The summed E-state index contributed by atoms with van der Waals surface area (Å²) in [7, 11) is 0. The molecule has 2 heterocycles. The van der Waals surface area contributed by atoms with Gasteiger partial charge in [0.15, 0.2) is 10.7 Å². The summed E-state index contributed by atoms with van der Waals surface area (Å²) >= 11 is 2.17. The molecule has 1 unspecified atom stereocenters. The van der Waals surface area contributed by atoms with Crippen LogP contribution < -0.4 is 16.0 Å². The molecule has 0 aliphatic heterocycles. The zero-order valence-corrected chi connectivity index (χ0v) is 18.8. The predicted molar refractivity (Wildman–Crippen MR) is 110 cm³/mol. The van der Waals surface area contributed by atoms with Crippen LogP contribution in [0.1, 0.15) is 25.7 Å². The highest BCUT2D eigenvalue weighted by Crippen LogP contribution is 2.37. The van der Waals surface area contributed by atoms with Gasteiger partial charge in [-0.1, -0.05) is 16.9 Å². The number of aromatic nitrogens is 4. The smallest absolute Gasteiger partial charge is 0.446 e. The van der Waals surface area contributed by atoms with Crippen LogP contribution in [0, 0.1) is 5.82 Å². The minimum atomic E-state index is -2.36. The lowest BCUT2D eigenvalue weighted by Gasteiger charge is -2.28. The lowest BCUT2D eigenvalue weighted by Crippen LogP contribution is -2.43. The summed E-state index contributed by atoms with van der Waals surface area (Å²) in [5.74, 6) is -1.15. The van der Waals surface area contributed by atoms with E-state index in [-0.39, 0.29) is 27.3 Å². The minimum absolute atomic E-state index is 0.0438. The predicted octanol–water partition coefficient (Wildman–Crippen LogP) is 2.07. The molecule has 15 heteroatoms. The number of hydrogen-bond acceptors (Lipinski definition) is 10. The van der Waals surface area contributed by atoms with Crippen molar-refractivity contribution < 1.29 is 22.3 Å². The Morgan fingerprint density at radius 3 is 2.74 bits per heavy atom. The molecule has 0 amide bonds. The fourth-order valence-electron chi connectivity index (χ4n) is 3.26. The molecule has 3 aromatic rings. The number of rotatable bonds is 7. The zero-order valence-electron chi connectivity index (χ0n) is 15.6. The summed E-state index contributed by atoms with van der Waals surface area (Å²) < 4.78 is 45.8. The van der Waals surface area contributed by atoms with Crippen molar-refractivity contribution in [3.63, 3.8) is 0 Å². The third-order valence-electron chi connectivity index (χ3n) is 4.74. The Morgan fingerprint density at radius 2 is 2.03 bits per heavy atom. The molecule has 1 atom stereocenters. The first-order chi connectivity index (χ1) is 14.9. The fraction of sp³-hybridized carbons (Fsp3) is 0.375. The number of halogens is 2. The molecule has 166 valence electrons. The largest absolute Gasteiger partial charge is 0.759 e. The standard InChI is InChI=1S/C16H16BrFN6O5S2/c17-11-7-9(3-6-12(11)18)24-14(21-28-16(24)25)13-15(22-29-20-13)30-10-4-1-8(2-5-10)19-23-31(26)27/h3,6-8,10,19,23H,1-2,4-5H2,(H,26,27)/p-1. The molecule has 2 aromatic heterocycles. The first-order valence-electron chi connectivity index (χ1n) is 9.06. The van der Waals surface area contributed by atoms with Crippen LogP contribution in [0.25, 0.3) is 17.2 Å². The van der Waals surface area contributed by atoms with Crippen LogP contribution in [-0.4, -0.2) is 40.1 Å². The molecule has 31 heavy (non-hydrogen) atoms. The minimum Gasteiger partial charge on any atom is -0.759 e. The van der Waals surface area contributed by atoms with Gasteiger partial charge < -0.3 is 4.55 Å². The number of hydrogen-bond donors (Lipinski definition) is 2. The normalized spacial score (nSPS) is 20.1. The molecule has 0 radical (unpaired) electrons. The van der Waals surface area contributed by atoms with Gasteiger partial charge >= 0.3 is 5.76 Å². The molecule has 1 aliphatic rings. The average molecular weight is 534 g/mol. The number of nitrogens with zero attached hydrogens (tertiary/aromatic N) is 4. The van der Waals surface area contributed by atoms with Crippen molar-refractivity contribution in [3.8, 4) is 17.2 Å². The van der Waals surface area contributed by atoms with Gasteiger partial charge in [0, 0.05) is 22.6 Å². The van der Waals surface area contributed by atoms with E-state index in [0.29, 0.717) is 10.7 Å². The van der Waals surface area contributed by atoms with Crippen LogP contribution in [0.15, 0.2) is 41.6 Å². The van der Waals surface area contributed by atoms with Gasteiger partial charge in [0.2, 0.25) is 5.82 Å². The van der Waals surface area contributed by atoms with Gasteiger partial charge in [-0.15, -0.1) is 0 Å². The summed E-state index contributed by atoms with van der Waals surface area (Å²) in [5.41, 5.74) is 3.34. The van der Waals surface area contributed by atoms with Crippen molar-refractivity contribution in [2.45, 2.75) is 42.0 Å². The van der Waals surface area contributed by atoms with E-state index in [1.807, 2.05) is 0 Å². The van der Waals surface area contributed by atoms with Crippen LogP contribution in [0.3, 0.4) is 0 Å². The fourth-order valence-corrected chi connectivity index (χ4v) is 5.03. The Hall–Kier alpha value is -1.91. The number of benzene rings is 1. The van der Waals surface area contributed by atoms with Crippen LogP contribution in [-0.2, 0) is 11.3 Å². The first-order valence-corrected chi connectivity index (χ1v) is 11.8. The highest BCUT2D eigenvalue weighted by Gasteiger charge is 2.28. The van der Waals surface area contributed by atoms with Gasteiger partial charge in [0.1, 0.15) is 5.82 Å². The molecule has 4 rings (SSSR count). The van der Waals surface area contributed by atoms with E-state index in [9.17, 15) is 17.9 Å². The lowest BCUT2D eigenvalue weighted by atomic mass is 9.96. The Kier molecular flexibility index (Phi) is 6.98. The highest BCUT2D eigenvalue weighted by molar-refractivity contribution is 9.10. The molecular formula is C16H15BrFN6O5S2-. The zero-order chi connectivity index (χ0) is 22.0. The van der Waals surface area contributed by atoms with Gasteiger partial charge in [-0.2, -0.15) is 4.83 Å². The van der Waals surface area contributed by atoms with E-state index >= 15 is 0 Å². The number of nitrogens with one attached hydrogen (secondary N) is 2. The Bertz CT molecular complexity index is 1150. The quantitative estimate of drug-likeness (QED) is 0.341. The molecule has 0 spiro atoms. The molecule has 2 N–H and O–H groups in total. The molecule has 11 nitrogen and oxygen atoms in total. The molecule has 0 bridgehead atoms. The Labute approximate surface area is 189 Å². The highest BCUT2D eigenvalue weighted by atomic mass is 79.9. The monoisotopic (exact) mass is 533 g/mol. The van der Waals surface area contributed by atoms with Gasteiger partial charge in [-0.25, -0.2) is 23.8 Å². The maximum absolute atomic E-state index is 13.6. The van der Waals surface area contributed by atoms with Crippen LogP contribution >= 0.6 is 27.7 Å².